The predicted octanol–water partition coefficient (Wildman–Crippen LogP) is 5.65. The fraction of sp³-hybridized carbons (Fsp3) is 0.364. The number of amides is 2. The van der Waals surface area contributed by atoms with Gasteiger partial charge >= 0.3 is 0 Å². The molecule has 1 heterocycles. The third-order valence-electron chi connectivity index (χ3n) is 4.65. The van der Waals surface area contributed by atoms with Crippen molar-refractivity contribution in [3.8, 4) is 5.75 Å². The second-order valence-electron chi connectivity index (χ2n) is 8.25. The number of carbonyl (C=O) groups is 2. The lowest BCUT2D eigenvalue weighted by Crippen LogP contribution is -2.43. The first-order valence-corrected chi connectivity index (χ1v) is 10.2. The summed E-state index contributed by atoms with van der Waals surface area (Å²) >= 11 is 11.9. The van der Waals surface area contributed by atoms with Gasteiger partial charge in [-0.25, -0.2) is 0 Å². The Morgan fingerprint density at radius 2 is 1.90 bits per heavy atom. The summed E-state index contributed by atoms with van der Waals surface area (Å²) in [6, 6.07) is 10.0. The minimum absolute atomic E-state index is 0.0255. The minimum Gasteiger partial charge on any atom is -0.490 e. The normalized spacial score (nSPS) is 15.6. The number of hydrogen-bond donors (Lipinski definition) is 1. The van der Waals surface area contributed by atoms with Gasteiger partial charge in [0.25, 0.3) is 5.91 Å². The zero-order chi connectivity index (χ0) is 21.3. The van der Waals surface area contributed by atoms with Crippen molar-refractivity contribution in [2.45, 2.75) is 27.7 Å². The van der Waals surface area contributed by atoms with E-state index in [1.165, 1.54) is 6.07 Å². The number of carbonyl (C=O) groups excluding carboxylic acids is 2. The van der Waals surface area contributed by atoms with Crippen LogP contribution < -0.4 is 15.0 Å². The topological polar surface area (TPSA) is 58.6 Å². The third kappa shape index (κ3) is 4.68. The SMILES string of the molecule is CC(C)CN1C(=O)C(C)(C)COc2cc(NC(=O)c3ccc(Cl)c(Cl)c3)ccc21. The summed E-state index contributed by atoms with van der Waals surface area (Å²) in [4.78, 5) is 27.4. The van der Waals surface area contributed by atoms with Gasteiger partial charge in [-0.3, -0.25) is 9.59 Å². The Morgan fingerprint density at radius 3 is 2.55 bits per heavy atom. The molecule has 1 N–H and O–H groups in total. The summed E-state index contributed by atoms with van der Waals surface area (Å²) in [6.07, 6.45) is 0. The molecule has 0 fully saturated rings. The molecule has 0 aromatic heterocycles. The van der Waals surface area contributed by atoms with Crippen LogP contribution in [0.25, 0.3) is 0 Å². The van der Waals surface area contributed by atoms with Crippen molar-refractivity contribution >= 4 is 46.4 Å². The Labute approximate surface area is 180 Å². The fourth-order valence-corrected chi connectivity index (χ4v) is 3.41. The number of ether oxygens (including phenoxy) is 1. The van der Waals surface area contributed by atoms with Gasteiger partial charge in [-0.2, -0.15) is 0 Å². The van der Waals surface area contributed by atoms with Gasteiger partial charge in [0.05, 0.1) is 21.1 Å². The average molecular weight is 435 g/mol. The van der Waals surface area contributed by atoms with Gasteiger partial charge in [0, 0.05) is 23.9 Å². The van der Waals surface area contributed by atoms with Crippen molar-refractivity contribution in [2.75, 3.05) is 23.4 Å². The smallest absolute Gasteiger partial charge is 0.255 e. The predicted molar refractivity (Wildman–Crippen MR) is 117 cm³/mol. The summed E-state index contributed by atoms with van der Waals surface area (Å²) in [7, 11) is 0. The largest absolute Gasteiger partial charge is 0.490 e. The molecule has 154 valence electrons. The molecular formula is C22H24Cl2N2O3. The molecule has 0 spiro atoms. The van der Waals surface area contributed by atoms with Crippen LogP contribution in [0.1, 0.15) is 38.1 Å². The number of halogens is 2. The highest BCUT2D eigenvalue weighted by molar-refractivity contribution is 6.42. The van der Waals surface area contributed by atoms with Gasteiger partial charge in [-0.15, -0.1) is 0 Å². The van der Waals surface area contributed by atoms with Crippen molar-refractivity contribution in [2.24, 2.45) is 11.3 Å². The lowest BCUT2D eigenvalue weighted by Gasteiger charge is -2.29. The highest BCUT2D eigenvalue weighted by Gasteiger charge is 2.38. The number of anilines is 2. The van der Waals surface area contributed by atoms with Gasteiger partial charge in [0.1, 0.15) is 12.4 Å². The molecule has 5 nitrogen and oxygen atoms in total. The third-order valence-corrected chi connectivity index (χ3v) is 5.39. The molecule has 3 rings (SSSR count). The summed E-state index contributed by atoms with van der Waals surface area (Å²) < 4.78 is 5.96. The number of rotatable bonds is 4. The van der Waals surface area contributed by atoms with Crippen LogP contribution >= 0.6 is 23.2 Å². The van der Waals surface area contributed by atoms with Crippen molar-refractivity contribution in [1.29, 1.82) is 0 Å². The molecule has 2 amide bonds. The maximum absolute atomic E-state index is 13.0. The summed E-state index contributed by atoms with van der Waals surface area (Å²) in [5, 5.41) is 3.54. The van der Waals surface area contributed by atoms with Crippen molar-refractivity contribution in [1.82, 2.24) is 0 Å². The van der Waals surface area contributed by atoms with E-state index in [2.05, 4.69) is 19.2 Å². The molecule has 0 unspecified atom stereocenters. The minimum atomic E-state index is -0.641. The van der Waals surface area contributed by atoms with Crippen LogP contribution in [0.4, 0.5) is 11.4 Å². The molecular weight excluding hydrogens is 411 g/mol. The van der Waals surface area contributed by atoms with E-state index in [1.807, 2.05) is 19.9 Å². The average Bonchev–Trinajstić information content (AvgIpc) is 2.74. The molecule has 0 saturated carbocycles. The number of benzene rings is 2. The Hall–Kier alpha value is -2.24. The van der Waals surface area contributed by atoms with Gasteiger partial charge in [-0.05, 0) is 50.1 Å². The van der Waals surface area contributed by atoms with E-state index in [-0.39, 0.29) is 18.4 Å². The van der Waals surface area contributed by atoms with E-state index in [9.17, 15) is 9.59 Å². The van der Waals surface area contributed by atoms with E-state index in [0.29, 0.717) is 45.2 Å². The summed E-state index contributed by atoms with van der Waals surface area (Å²) in [6.45, 7) is 8.74. The Bertz CT molecular complexity index is 957. The fourth-order valence-electron chi connectivity index (χ4n) is 3.11. The zero-order valence-corrected chi connectivity index (χ0v) is 18.4. The second-order valence-corrected chi connectivity index (χ2v) is 9.06. The molecule has 7 heteroatoms. The first-order valence-electron chi connectivity index (χ1n) is 9.44. The number of nitrogens with one attached hydrogen (secondary N) is 1. The lowest BCUT2D eigenvalue weighted by atomic mass is 9.92. The van der Waals surface area contributed by atoms with Gasteiger partial charge < -0.3 is 15.0 Å². The van der Waals surface area contributed by atoms with Gasteiger partial charge in [0.2, 0.25) is 5.91 Å². The van der Waals surface area contributed by atoms with Crippen LogP contribution in [0.3, 0.4) is 0 Å². The van der Waals surface area contributed by atoms with Gasteiger partial charge in [0.15, 0.2) is 0 Å². The van der Waals surface area contributed by atoms with E-state index in [1.54, 1.807) is 29.2 Å². The summed E-state index contributed by atoms with van der Waals surface area (Å²) in [5.74, 6) is 0.580. The van der Waals surface area contributed by atoms with Crippen LogP contribution in [0.15, 0.2) is 36.4 Å². The first kappa shape index (κ1) is 21.5. The Morgan fingerprint density at radius 1 is 1.17 bits per heavy atom. The molecule has 0 saturated heterocycles. The Kier molecular flexibility index (Phi) is 6.11. The van der Waals surface area contributed by atoms with Crippen LogP contribution in [-0.2, 0) is 4.79 Å². The van der Waals surface area contributed by atoms with Crippen molar-refractivity contribution < 1.29 is 14.3 Å². The highest BCUT2D eigenvalue weighted by atomic mass is 35.5. The van der Waals surface area contributed by atoms with E-state index >= 15 is 0 Å². The van der Waals surface area contributed by atoms with E-state index in [0.717, 1.165) is 0 Å². The Balaban J connectivity index is 1.90. The van der Waals surface area contributed by atoms with Crippen LogP contribution in [-0.4, -0.2) is 25.0 Å². The maximum atomic E-state index is 13.0. The van der Waals surface area contributed by atoms with Crippen LogP contribution in [0, 0.1) is 11.3 Å². The van der Waals surface area contributed by atoms with Gasteiger partial charge in [-0.1, -0.05) is 37.0 Å². The standard InChI is InChI=1S/C22H24Cl2N2O3/c1-13(2)11-26-18-8-6-15(10-19(18)29-12-22(3,4)21(26)28)25-20(27)14-5-7-16(23)17(24)9-14/h5-10,13H,11-12H2,1-4H3,(H,25,27). The second kappa shape index (κ2) is 8.25. The molecule has 29 heavy (non-hydrogen) atoms. The molecule has 2 aromatic carbocycles. The number of fused-ring (bicyclic) bond motifs is 1. The quantitative estimate of drug-likeness (QED) is 0.675. The molecule has 0 atom stereocenters. The van der Waals surface area contributed by atoms with Crippen molar-refractivity contribution in [3.05, 3.63) is 52.0 Å². The molecule has 0 aliphatic carbocycles. The summed E-state index contributed by atoms with van der Waals surface area (Å²) in [5.41, 5.74) is 1.03. The molecule has 1 aliphatic rings. The van der Waals surface area contributed by atoms with E-state index in [4.69, 9.17) is 27.9 Å². The molecule has 1 aliphatic heterocycles. The lowest BCUT2D eigenvalue weighted by molar-refractivity contribution is -0.127. The van der Waals surface area contributed by atoms with E-state index < -0.39 is 5.41 Å². The number of hydrogen-bond acceptors (Lipinski definition) is 3. The van der Waals surface area contributed by atoms with Crippen LogP contribution in [0.5, 0.6) is 5.75 Å². The number of nitrogens with zero attached hydrogens (tertiary/aromatic N) is 1. The van der Waals surface area contributed by atoms with Crippen molar-refractivity contribution in [3.63, 3.8) is 0 Å². The highest BCUT2D eigenvalue weighted by Crippen LogP contribution is 2.38. The zero-order valence-electron chi connectivity index (χ0n) is 16.9. The molecule has 2 aromatic rings. The van der Waals surface area contributed by atoms with Crippen LogP contribution in [0.2, 0.25) is 10.0 Å². The molecule has 0 bridgehead atoms. The maximum Gasteiger partial charge on any atom is 0.255 e. The first-order chi connectivity index (χ1) is 13.6. The monoisotopic (exact) mass is 434 g/mol. The molecule has 0 radical (unpaired) electrons.